The number of imidazole rings is 1. The number of aromatic nitrogens is 4. The second kappa shape index (κ2) is 4.92. The molecule has 17 heavy (non-hydrogen) atoms. The van der Waals surface area contributed by atoms with Crippen LogP contribution in [0, 0.1) is 6.92 Å². The molecular formula is C11H15N5O. The first-order valence-electron chi connectivity index (χ1n) is 5.37. The van der Waals surface area contributed by atoms with Crippen LogP contribution in [0.3, 0.4) is 0 Å². The quantitative estimate of drug-likeness (QED) is 0.831. The highest BCUT2D eigenvalue weighted by Crippen LogP contribution is 2.12. The lowest BCUT2D eigenvalue weighted by Crippen LogP contribution is -2.11. The minimum absolute atomic E-state index is 0.542. The van der Waals surface area contributed by atoms with Crippen molar-refractivity contribution >= 4 is 0 Å². The average molecular weight is 233 g/mol. The molecule has 2 aromatic heterocycles. The van der Waals surface area contributed by atoms with Crippen molar-refractivity contribution in [2.75, 3.05) is 13.7 Å². The minimum Gasteiger partial charge on any atom is -0.481 e. The number of nitrogens with zero attached hydrogens (tertiary/aromatic N) is 4. The second-order valence-electron chi connectivity index (χ2n) is 3.60. The van der Waals surface area contributed by atoms with Crippen LogP contribution in [0.1, 0.15) is 11.5 Å². The second-order valence-corrected chi connectivity index (χ2v) is 3.60. The fourth-order valence-corrected chi connectivity index (χ4v) is 1.57. The summed E-state index contributed by atoms with van der Waals surface area (Å²) in [4.78, 5) is 12.9. The molecular weight excluding hydrogens is 218 g/mol. The van der Waals surface area contributed by atoms with Crippen LogP contribution in [-0.4, -0.2) is 33.2 Å². The van der Waals surface area contributed by atoms with Gasteiger partial charge in [-0.2, -0.15) is 4.98 Å². The molecule has 0 saturated heterocycles. The van der Waals surface area contributed by atoms with Crippen LogP contribution in [-0.2, 0) is 6.42 Å². The molecule has 2 aromatic rings. The largest absolute Gasteiger partial charge is 0.481 e. The summed E-state index contributed by atoms with van der Waals surface area (Å²) in [7, 11) is 1.58. The van der Waals surface area contributed by atoms with Gasteiger partial charge in [-0.05, 0) is 13.5 Å². The van der Waals surface area contributed by atoms with Gasteiger partial charge in [0.15, 0.2) is 0 Å². The number of methoxy groups -OCH3 is 1. The maximum absolute atomic E-state index is 5.53. The van der Waals surface area contributed by atoms with Crippen molar-refractivity contribution in [3.8, 4) is 11.8 Å². The number of ether oxygens (including phenoxy) is 1. The normalized spacial score (nSPS) is 10.5. The van der Waals surface area contributed by atoms with Gasteiger partial charge in [0.1, 0.15) is 5.82 Å². The van der Waals surface area contributed by atoms with Crippen LogP contribution in [0.15, 0.2) is 18.5 Å². The number of aryl methyl sites for hydroxylation is 1. The highest BCUT2D eigenvalue weighted by Gasteiger charge is 2.08. The van der Waals surface area contributed by atoms with Crippen molar-refractivity contribution in [1.82, 2.24) is 19.5 Å². The molecule has 2 N–H and O–H groups in total. The highest BCUT2D eigenvalue weighted by molar-refractivity contribution is 5.24. The van der Waals surface area contributed by atoms with Gasteiger partial charge in [0.05, 0.1) is 7.11 Å². The molecule has 0 radical (unpaired) electrons. The van der Waals surface area contributed by atoms with Crippen molar-refractivity contribution in [2.45, 2.75) is 13.3 Å². The van der Waals surface area contributed by atoms with E-state index in [9.17, 15) is 0 Å². The summed E-state index contributed by atoms with van der Waals surface area (Å²) in [5.74, 6) is 1.95. The summed E-state index contributed by atoms with van der Waals surface area (Å²) in [5, 5.41) is 0. The molecule has 6 nitrogen and oxygen atoms in total. The molecule has 0 bridgehead atoms. The first-order valence-corrected chi connectivity index (χ1v) is 5.37. The summed E-state index contributed by atoms with van der Waals surface area (Å²) in [6.45, 7) is 2.44. The third-order valence-corrected chi connectivity index (χ3v) is 2.33. The van der Waals surface area contributed by atoms with E-state index >= 15 is 0 Å². The monoisotopic (exact) mass is 233 g/mol. The van der Waals surface area contributed by atoms with Crippen molar-refractivity contribution in [1.29, 1.82) is 0 Å². The molecule has 2 rings (SSSR count). The van der Waals surface area contributed by atoms with E-state index in [1.807, 2.05) is 17.7 Å². The van der Waals surface area contributed by atoms with Crippen molar-refractivity contribution in [3.63, 3.8) is 0 Å². The van der Waals surface area contributed by atoms with Gasteiger partial charge < -0.3 is 10.5 Å². The summed E-state index contributed by atoms with van der Waals surface area (Å²) in [6.07, 6.45) is 4.22. The lowest BCUT2D eigenvalue weighted by atomic mass is 10.4. The maximum Gasteiger partial charge on any atom is 0.238 e. The standard InChI is InChI=1S/C11H15N5O/c1-8-7-10(17-2)15-11(14-8)16-6-5-13-9(16)3-4-12/h5-7H,3-4,12H2,1-2H3. The van der Waals surface area contributed by atoms with Crippen LogP contribution < -0.4 is 10.5 Å². The Kier molecular flexibility index (Phi) is 3.34. The smallest absolute Gasteiger partial charge is 0.238 e. The van der Waals surface area contributed by atoms with Crippen LogP contribution in [0.4, 0.5) is 0 Å². The number of hydrogen-bond donors (Lipinski definition) is 1. The molecule has 0 unspecified atom stereocenters. The van der Waals surface area contributed by atoms with E-state index < -0.39 is 0 Å². The Morgan fingerprint density at radius 2 is 2.24 bits per heavy atom. The Bertz CT molecular complexity index is 508. The first-order chi connectivity index (χ1) is 8.24. The zero-order valence-electron chi connectivity index (χ0n) is 9.92. The number of nitrogens with two attached hydrogens (primary N) is 1. The number of hydrogen-bond acceptors (Lipinski definition) is 5. The Labute approximate surface area is 99.5 Å². The third-order valence-electron chi connectivity index (χ3n) is 2.33. The highest BCUT2D eigenvalue weighted by atomic mass is 16.5. The maximum atomic E-state index is 5.53. The fraction of sp³-hybridized carbons (Fsp3) is 0.364. The Morgan fingerprint density at radius 1 is 1.41 bits per heavy atom. The molecule has 0 aliphatic rings. The first kappa shape index (κ1) is 11.5. The van der Waals surface area contributed by atoms with Gasteiger partial charge in [-0.3, -0.25) is 4.57 Å². The Hall–Kier alpha value is -1.95. The molecule has 0 spiro atoms. The van der Waals surface area contributed by atoms with Crippen LogP contribution in [0.5, 0.6) is 5.88 Å². The van der Waals surface area contributed by atoms with Crippen molar-refractivity contribution in [3.05, 3.63) is 30.0 Å². The molecule has 0 aliphatic carbocycles. The van der Waals surface area contributed by atoms with Crippen LogP contribution >= 0.6 is 0 Å². The Balaban J connectivity index is 2.44. The molecule has 2 heterocycles. The van der Waals surface area contributed by atoms with Gasteiger partial charge >= 0.3 is 0 Å². The zero-order valence-corrected chi connectivity index (χ0v) is 9.92. The summed E-state index contributed by atoms with van der Waals surface area (Å²) in [5.41, 5.74) is 6.38. The molecule has 0 atom stereocenters. The van der Waals surface area contributed by atoms with E-state index in [1.54, 1.807) is 19.4 Å². The van der Waals surface area contributed by atoms with E-state index in [0.717, 1.165) is 11.5 Å². The van der Waals surface area contributed by atoms with Gasteiger partial charge in [0.2, 0.25) is 11.8 Å². The van der Waals surface area contributed by atoms with Crippen LogP contribution in [0.2, 0.25) is 0 Å². The Morgan fingerprint density at radius 3 is 2.94 bits per heavy atom. The van der Waals surface area contributed by atoms with Gasteiger partial charge in [-0.15, -0.1) is 0 Å². The van der Waals surface area contributed by atoms with Crippen molar-refractivity contribution in [2.24, 2.45) is 5.73 Å². The minimum atomic E-state index is 0.542. The van der Waals surface area contributed by atoms with E-state index in [4.69, 9.17) is 10.5 Å². The summed E-state index contributed by atoms with van der Waals surface area (Å²) >= 11 is 0. The van der Waals surface area contributed by atoms with Gasteiger partial charge in [0.25, 0.3) is 0 Å². The summed E-state index contributed by atoms with van der Waals surface area (Å²) in [6, 6.07) is 1.78. The SMILES string of the molecule is COc1cc(C)nc(-n2ccnc2CCN)n1. The fourth-order valence-electron chi connectivity index (χ4n) is 1.57. The van der Waals surface area contributed by atoms with E-state index in [-0.39, 0.29) is 0 Å². The summed E-state index contributed by atoms with van der Waals surface area (Å²) < 4.78 is 6.95. The third kappa shape index (κ3) is 2.42. The molecule has 90 valence electrons. The van der Waals surface area contributed by atoms with E-state index in [1.165, 1.54) is 0 Å². The average Bonchev–Trinajstić information content (AvgIpc) is 2.77. The molecule has 0 saturated carbocycles. The van der Waals surface area contributed by atoms with E-state index in [0.29, 0.717) is 24.8 Å². The van der Waals surface area contributed by atoms with Gasteiger partial charge in [-0.1, -0.05) is 0 Å². The van der Waals surface area contributed by atoms with Gasteiger partial charge in [-0.25, -0.2) is 9.97 Å². The molecule has 6 heteroatoms. The predicted molar refractivity (Wildman–Crippen MR) is 63.2 cm³/mol. The molecule has 0 fully saturated rings. The van der Waals surface area contributed by atoms with E-state index in [2.05, 4.69) is 15.0 Å². The number of rotatable bonds is 4. The lowest BCUT2D eigenvalue weighted by Gasteiger charge is -2.07. The molecule has 0 aliphatic heterocycles. The topological polar surface area (TPSA) is 78.8 Å². The van der Waals surface area contributed by atoms with Gasteiger partial charge in [0, 0.05) is 30.6 Å². The molecule has 0 amide bonds. The van der Waals surface area contributed by atoms with Crippen molar-refractivity contribution < 1.29 is 4.74 Å². The van der Waals surface area contributed by atoms with Crippen LogP contribution in [0.25, 0.3) is 5.95 Å². The lowest BCUT2D eigenvalue weighted by molar-refractivity contribution is 0.395. The molecule has 0 aromatic carbocycles. The predicted octanol–water partition coefficient (Wildman–Crippen LogP) is 0.481. The zero-order chi connectivity index (χ0) is 12.3.